The summed E-state index contributed by atoms with van der Waals surface area (Å²) in [6, 6.07) is 7.06. The predicted molar refractivity (Wildman–Crippen MR) is 118 cm³/mol. The highest BCUT2D eigenvalue weighted by molar-refractivity contribution is 8.02. The number of hydrogen-bond acceptors (Lipinski definition) is 5. The van der Waals surface area contributed by atoms with Crippen LogP contribution in [0.15, 0.2) is 63.3 Å². The van der Waals surface area contributed by atoms with Crippen molar-refractivity contribution in [1.82, 2.24) is 10.3 Å². The number of allylic oxidation sites excluding steroid dienone is 1. The molecular formula is C21H23F2N4OS2+. The van der Waals surface area contributed by atoms with Crippen molar-refractivity contribution in [3.05, 3.63) is 70.6 Å². The number of nitrogens with one attached hydrogen (secondary N) is 1. The summed E-state index contributed by atoms with van der Waals surface area (Å²) < 4.78 is 27.6. The molecule has 5 nitrogen and oxygen atoms in total. The zero-order valence-electron chi connectivity index (χ0n) is 16.8. The topological polar surface area (TPSA) is 57.5 Å². The van der Waals surface area contributed by atoms with Crippen molar-refractivity contribution >= 4 is 35.3 Å². The van der Waals surface area contributed by atoms with Crippen LogP contribution in [-0.4, -0.2) is 39.2 Å². The molecule has 2 atom stereocenters. The van der Waals surface area contributed by atoms with E-state index in [4.69, 9.17) is 12.2 Å². The summed E-state index contributed by atoms with van der Waals surface area (Å²) in [4.78, 5) is 9.37. The summed E-state index contributed by atoms with van der Waals surface area (Å²) in [6.45, 7) is 4.27. The molecule has 0 amide bonds. The van der Waals surface area contributed by atoms with Gasteiger partial charge in [-0.25, -0.2) is 18.3 Å². The van der Waals surface area contributed by atoms with Gasteiger partial charge in [0.2, 0.25) is 5.03 Å². The van der Waals surface area contributed by atoms with Gasteiger partial charge in [-0.05, 0) is 30.0 Å². The molecule has 1 aliphatic heterocycles. The number of rotatable bonds is 7. The minimum absolute atomic E-state index is 0.0198. The van der Waals surface area contributed by atoms with E-state index in [2.05, 4.69) is 15.3 Å². The highest BCUT2D eigenvalue weighted by Crippen LogP contribution is 2.44. The van der Waals surface area contributed by atoms with Gasteiger partial charge in [-0.1, -0.05) is 32.1 Å². The quantitative estimate of drug-likeness (QED) is 0.490. The Bertz CT molecular complexity index is 978. The van der Waals surface area contributed by atoms with Gasteiger partial charge in [0, 0.05) is 41.9 Å². The average molecular weight is 450 g/mol. The largest absolute Gasteiger partial charge is 0.376 e. The van der Waals surface area contributed by atoms with Crippen LogP contribution in [0.3, 0.4) is 0 Å². The molecule has 1 aromatic heterocycles. The fraction of sp³-hybridized carbons (Fsp3) is 0.286. The molecule has 2 unspecified atom stereocenters. The van der Waals surface area contributed by atoms with Crippen molar-refractivity contribution in [3.8, 4) is 0 Å². The fourth-order valence-corrected chi connectivity index (χ4v) is 4.75. The summed E-state index contributed by atoms with van der Waals surface area (Å²) in [5.41, 5.74) is 1.59. The number of quaternary nitrogens is 1. The molecule has 0 saturated carbocycles. The molecule has 0 aliphatic carbocycles. The Morgan fingerprint density at radius 1 is 1.27 bits per heavy atom. The Morgan fingerprint density at radius 2 is 1.97 bits per heavy atom. The number of aliphatic hydroxyl groups excluding tert-OH is 1. The van der Waals surface area contributed by atoms with Crippen LogP contribution in [0.4, 0.5) is 8.78 Å². The van der Waals surface area contributed by atoms with Crippen LogP contribution in [0.1, 0.15) is 19.4 Å². The smallest absolute Gasteiger partial charge is 0.254 e. The van der Waals surface area contributed by atoms with E-state index < -0.39 is 17.9 Å². The summed E-state index contributed by atoms with van der Waals surface area (Å²) >= 11 is 6.54. The molecule has 0 saturated heterocycles. The van der Waals surface area contributed by atoms with Crippen molar-refractivity contribution < 1.29 is 18.4 Å². The van der Waals surface area contributed by atoms with Gasteiger partial charge in [-0.15, -0.1) is 0 Å². The van der Waals surface area contributed by atoms with Crippen molar-refractivity contribution in [2.45, 2.75) is 31.5 Å². The summed E-state index contributed by atoms with van der Waals surface area (Å²) in [7, 11) is 1.64. The second-order valence-corrected chi connectivity index (χ2v) is 8.74. The SMILES string of the molecule is CNC(=S)C(O)[N+]1(Cc2cccnc2)C=NC(C(C)C)=C1Sc1cc(F)cc(F)c1. The van der Waals surface area contributed by atoms with Crippen LogP contribution in [0.25, 0.3) is 0 Å². The minimum atomic E-state index is -1.15. The number of aliphatic imine (C=N–C) groups is 1. The Hall–Kier alpha value is -2.20. The maximum Gasteiger partial charge on any atom is 0.254 e. The van der Waals surface area contributed by atoms with Gasteiger partial charge >= 0.3 is 0 Å². The molecule has 0 spiro atoms. The summed E-state index contributed by atoms with van der Waals surface area (Å²) in [6.07, 6.45) is 3.88. The number of likely N-dealkylation sites (N-methyl/N-ethyl adjacent to an activating group) is 1. The van der Waals surface area contributed by atoms with E-state index in [1.165, 1.54) is 23.9 Å². The number of hydrogen-bond donors (Lipinski definition) is 2. The number of benzene rings is 1. The fourth-order valence-electron chi connectivity index (χ4n) is 3.22. The highest BCUT2D eigenvalue weighted by Gasteiger charge is 2.48. The minimum Gasteiger partial charge on any atom is -0.376 e. The van der Waals surface area contributed by atoms with E-state index in [0.717, 1.165) is 17.3 Å². The van der Waals surface area contributed by atoms with Gasteiger partial charge in [0.25, 0.3) is 6.23 Å². The van der Waals surface area contributed by atoms with Crippen molar-refractivity contribution in [2.24, 2.45) is 10.9 Å². The van der Waals surface area contributed by atoms with Crippen LogP contribution in [0, 0.1) is 17.6 Å². The third kappa shape index (κ3) is 4.59. The molecule has 30 heavy (non-hydrogen) atoms. The second-order valence-electron chi connectivity index (χ2n) is 7.23. The van der Waals surface area contributed by atoms with Gasteiger partial charge in [0.05, 0.1) is 0 Å². The molecule has 2 N–H and O–H groups in total. The van der Waals surface area contributed by atoms with Gasteiger partial charge in [-0.3, -0.25) is 4.98 Å². The second kappa shape index (κ2) is 9.30. The third-order valence-corrected chi connectivity index (χ3v) is 6.31. The van der Waals surface area contributed by atoms with E-state index in [0.29, 0.717) is 16.5 Å². The van der Waals surface area contributed by atoms with E-state index >= 15 is 0 Å². The lowest BCUT2D eigenvalue weighted by molar-refractivity contribution is -0.839. The molecule has 1 aliphatic rings. The van der Waals surface area contributed by atoms with Crippen LogP contribution < -0.4 is 5.32 Å². The number of thioether (sulfide) groups is 1. The number of thiocarbonyl (C=S) groups is 1. The van der Waals surface area contributed by atoms with Gasteiger partial charge in [0.1, 0.15) is 23.9 Å². The van der Waals surface area contributed by atoms with E-state index in [1.54, 1.807) is 25.8 Å². The highest BCUT2D eigenvalue weighted by atomic mass is 32.2. The number of aromatic nitrogens is 1. The molecule has 0 fully saturated rings. The summed E-state index contributed by atoms with van der Waals surface area (Å²) in [5, 5.41) is 14.7. The Balaban J connectivity index is 2.14. The van der Waals surface area contributed by atoms with E-state index in [1.807, 2.05) is 26.0 Å². The lowest BCUT2D eigenvalue weighted by atomic mass is 10.1. The number of aliphatic hydroxyl groups is 1. The van der Waals surface area contributed by atoms with Crippen LogP contribution >= 0.6 is 24.0 Å². The number of pyridine rings is 1. The van der Waals surface area contributed by atoms with Crippen LogP contribution in [0.5, 0.6) is 0 Å². The van der Waals surface area contributed by atoms with Crippen LogP contribution in [-0.2, 0) is 6.54 Å². The van der Waals surface area contributed by atoms with E-state index in [9.17, 15) is 13.9 Å². The zero-order valence-corrected chi connectivity index (χ0v) is 18.5. The normalized spacial score (nSPS) is 19.4. The van der Waals surface area contributed by atoms with Crippen molar-refractivity contribution in [3.63, 3.8) is 0 Å². The van der Waals surface area contributed by atoms with Gasteiger partial charge in [-0.2, -0.15) is 0 Å². The zero-order chi connectivity index (χ0) is 21.9. The molecule has 1 aromatic carbocycles. The molecule has 9 heteroatoms. The predicted octanol–water partition coefficient (Wildman–Crippen LogP) is 4.20. The van der Waals surface area contributed by atoms with Crippen LogP contribution in [0.2, 0.25) is 0 Å². The molecule has 158 valence electrons. The van der Waals surface area contributed by atoms with Crippen molar-refractivity contribution in [1.29, 1.82) is 0 Å². The van der Waals surface area contributed by atoms with Gasteiger partial charge in [0.15, 0.2) is 11.3 Å². The number of nitrogens with zero attached hydrogens (tertiary/aromatic N) is 3. The Labute approximate surface area is 184 Å². The Kier molecular flexibility index (Phi) is 6.97. The molecule has 0 radical (unpaired) electrons. The molecule has 2 aromatic rings. The molecule has 2 heterocycles. The first kappa shape index (κ1) is 22.5. The first-order valence-corrected chi connectivity index (χ1v) is 10.6. The van der Waals surface area contributed by atoms with Gasteiger partial charge < -0.3 is 10.4 Å². The number of halogens is 2. The first-order valence-electron chi connectivity index (χ1n) is 9.36. The lowest BCUT2D eigenvalue weighted by Crippen LogP contribution is -2.56. The third-order valence-electron chi connectivity index (χ3n) is 4.68. The maximum atomic E-state index is 13.8. The lowest BCUT2D eigenvalue weighted by Gasteiger charge is -2.36. The maximum absolute atomic E-state index is 13.8. The first-order chi connectivity index (χ1) is 14.3. The molecule has 0 bridgehead atoms. The summed E-state index contributed by atoms with van der Waals surface area (Å²) in [5.74, 6) is -1.31. The van der Waals surface area contributed by atoms with E-state index in [-0.39, 0.29) is 15.4 Å². The standard InChI is InChI=1S/C21H22F2N4OS2/c1-13(2)18-21(30-17-8-15(22)7-16(23)9-17)27(12-26-18,20(28)19(29)24-3)11-14-5-4-6-25-10-14/h4-10,12-13,20,28H,11H2,1-3H3/p+1. The monoisotopic (exact) mass is 449 g/mol. The average Bonchev–Trinajstić information content (AvgIpc) is 3.06. The molecule has 3 rings (SSSR count). The van der Waals surface area contributed by atoms with Crippen molar-refractivity contribution in [2.75, 3.05) is 7.05 Å². The Morgan fingerprint density at radius 3 is 2.53 bits per heavy atom. The molecular weight excluding hydrogens is 426 g/mol.